The van der Waals surface area contributed by atoms with Gasteiger partial charge in [0.15, 0.2) is 0 Å². The van der Waals surface area contributed by atoms with Gasteiger partial charge in [0.1, 0.15) is 5.92 Å². The van der Waals surface area contributed by atoms with E-state index < -0.39 is 17.9 Å². The molecule has 0 aromatic carbocycles. The number of hydrogen-bond donors (Lipinski definition) is 0. The Kier molecular flexibility index (Phi) is 4.68. The number of aryl methyl sites for hydroxylation is 1. The number of nitrogens with zero attached hydrogens (tertiary/aromatic N) is 2. The van der Waals surface area contributed by atoms with Gasteiger partial charge >= 0.3 is 5.97 Å². The molecule has 0 radical (unpaired) electrons. The highest BCUT2D eigenvalue weighted by molar-refractivity contribution is 5.93. The zero-order valence-corrected chi connectivity index (χ0v) is 9.88. The molecule has 1 heterocycles. The molecule has 0 N–H and O–H groups in total. The molecule has 6 nitrogen and oxygen atoms in total. The fraction of sp³-hybridized carbons (Fsp3) is 0.545. The van der Waals surface area contributed by atoms with Crippen molar-refractivity contribution < 1.29 is 19.4 Å². The Balaban J connectivity index is 2.73. The fourth-order valence-electron chi connectivity index (χ4n) is 1.43. The number of ether oxygens (including phenoxy) is 1. The molecule has 1 rings (SSSR count). The lowest BCUT2D eigenvalue weighted by molar-refractivity contribution is -0.310. The molecular formula is C11H15N2O4-. The van der Waals surface area contributed by atoms with Crippen molar-refractivity contribution >= 4 is 11.9 Å². The van der Waals surface area contributed by atoms with Crippen molar-refractivity contribution in [2.45, 2.75) is 26.8 Å². The summed E-state index contributed by atoms with van der Waals surface area (Å²) in [7, 11) is 0. The Morgan fingerprint density at radius 1 is 1.53 bits per heavy atom. The van der Waals surface area contributed by atoms with E-state index in [2.05, 4.69) is 9.84 Å². The van der Waals surface area contributed by atoms with Gasteiger partial charge in [-0.25, -0.2) is 0 Å². The minimum atomic E-state index is -1.42. The summed E-state index contributed by atoms with van der Waals surface area (Å²) >= 11 is 0. The van der Waals surface area contributed by atoms with E-state index in [0.29, 0.717) is 12.1 Å². The number of carboxylic acid groups (broad SMARTS) is 1. The topological polar surface area (TPSA) is 84.2 Å². The van der Waals surface area contributed by atoms with Crippen molar-refractivity contribution in [3.05, 3.63) is 18.0 Å². The van der Waals surface area contributed by atoms with Crippen molar-refractivity contribution in [1.29, 1.82) is 0 Å². The van der Waals surface area contributed by atoms with Crippen LogP contribution in [0.1, 0.15) is 19.4 Å². The Labute approximate surface area is 99.2 Å². The molecule has 0 fully saturated rings. The zero-order valence-electron chi connectivity index (χ0n) is 9.88. The molecule has 0 saturated carbocycles. The van der Waals surface area contributed by atoms with Crippen molar-refractivity contribution in [1.82, 2.24) is 9.78 Å². The van der Waals surface area contributed by atoms with Crippen molar-refractivity contribution in [3.63, 3.8) is 0 Å². The van der Waals surface area contributed by atoms with Crippen LogP contribution in [0.4, 0.5) is 0 Å². The van der Waals surface area contributed by atoms with E-state index in [9.17, 15) is 14.7 Å². The molecule has 1 aromatic rings. The first kappa shape index (κ1) is 13.2. The van der Waals surface area contributed by atoms with Crippen LogP contribution in [0, 0.1) is 5.92 Å². The maximum absolute atomic E-state index is 11.4. The van der Waals surface area contributed by atoms with Crippen LogP contribution >= 0.6 is 0 Å². The van der Waals surface area contributed by atoms with Crippen molar-refractivity contribution in [2.75, 3.05) is 6.61 Å². The second kappa shape index (κ2) is 6.03. The molecule has 0 aliphatic carbocycles. The van der Waals surface area contributed by atoms with Gasteiger partial charge in [-0.15, -0.1) is 0 Å². The fourth-order valence-corrected chi connectivity index (χ4v) is 1.43. The van der Waals surface area contributed by atoms with Crippen LogP contribution in [-0.2, 0) is 27.3 Å². The monoisotopic (exact) mass is 239 g/mol. The second-order valence-electron chi connectivity index (χ2n) is 3.53. The number of carbonyl (C=O) groups excluding carboxylic acids is 2. The van der Waals surface area contributed by atoms with E-state index in [-0.39, 0.29) is 13.0 Å². The van der Waals surface area contributed by atoms with Gasteiger partial charge in [0.2, 0.25) is 0 Å². The van der Waals surface area contributed by atoms with Crippen LogP contribution in [0.15, 0.2) is 12.4 Å². The Morgan fingerprint density at radius 3 is 2.71 bits per heavy atom. The molecule has 0 bridgehead atoms. The van der Waals surface area contributed by atoms with Gasteiger partial charge in [-0.05, 0) is 25.8 Å². The Morgan fingerprint density at radius 2 is 2.24 bits per heavy atom. The number of carboxylic acids is 1. The number of carbonyl (C=O) groups is 2. The van der Waals surface area contributed by atoms with Gasteiger partial charge in [-0.2, -0.15) is 5.10 Å². The van der Waals surface area contributed by atoms with Gasteiger partial charge in [-0.1, -0.05) is 0 Å². The highest BCUT2D eigenvalue weighted by Gasteiger charge is 2.22. The number of rotatable bonds is 6. The van der Waals surface area contributed by atoms with Crippen molar-refractivity contribution in [3.8, 4) is 0 Å². The number of aliphatic carboxylic acids is 1. The number of hydrogen-bond acceptors (Lipinski definition) is 5. The maximum Gasteiger partial charge on any atom is 0.314 e. The van der Waals surface area contributed by atoms with Gasteiger partial charge < -0.3 is 14.6 Å². The lowest BCUT2D eigenvalue weighted by Crippen LogP contribution is -2.38. The lowest BCUT2D eigenvalue weighted by Gasteiger charge is -2.15. The molecule has 94 valence electrons. The van der Waals surface area contributed by atoms with Crippen LogP contribution in [0.25, 0.3) is 0 Å². The van der Waals surface area contributed by atoms with E-state index in [1.165, 1.54) is 0 Å². The summed E-state index contributed by atoms with van der Waals surface area (Å²) in [6.45, 7) is 4.38. The first-order valence-electron chi connectivity index (χ1n) is 5.47. The predicted octanol–water partition coefficient (Wildman–Crippen LogP) is -0.625. The molecule has 17 heavy (non-hydrogen) atoms. The van der Waals surface area contributed by atoms with E-state index in [1.54, 1.807) is 24.0 Å². The molecule has 0 spiro atoms. The van der Waals surface area contributed by atoms with Crippen LogP contribution < -0.4 is 5.11 Å². The molecule has 6 heteroatoms. The van der Waals surface area contributed by atoms with E-state index >= 15 is 0 Å². The lowest BCUT2D eigenvalue weighted by atomic mass is 10.0. The molecule has 0 amide bonds. The molecule has 1 aromatic heterocycles. The molecule has 0 aliphatic rings. The third kappa shape index (κ3) is 3.58. The molecule has 1 unspecified atom stereocenters. The third-order valence-corrected chi connectivity index (χ3v) is 2.31. The summed E-state index contributed by atoms with van der Waals surface area (Å²) in [6.07, 6.45) is 3.29. The van der Waals surface area contributed by atoms with Crippen molar-refractivity contribution in [2.24, 2.45) is 5.92 Å². The predicted molar refractivity (Wildman–Crippen MR) is 56.7 cm³/mol. The number of aromatic nitrogens is 2. The average molecular weight is 239 g/mol. The Bertz CT molecular complexity index is 400. The highest BCUT2D eigenvalue weighted by atomic mass is 16.5. The zero-order chi connectivity index (χ0) is 12.8. The van der Waals surface area contributed by atoms with Crippen LogP contribution in [0.3, 0.4) is 0 Å². The average Bonchev–Trinajstić information content (AvgIpc) is 2.73. The third-order valence-electron chi connectivity index (χ3n) is 2.31. The van der Waals surface area contributed by atoms with E-state index in [1.807, 2.05) is 6.92 Å². The quantitative estimate of drug-likeness (QED) is 0.487. The summed E-state index contributed by atoms with van der Waals surface area (Å²) in [6, 6.07) is 0. The second-order valence-corrected chi connectivity index (χ2v) is 3.53. The van der Waals surface area contributed by atoms with Crippen LogP contribution in [0.5, 0.6) is 0 Å². The summed E-state index contributed by atoms with van der Waals surface area (Å²) in [5.41, 5.74) is 0.675. The number of esters is 1. The van der Waals surface area contributed by atoms with Gasteiger partial charge in [0.05, 0.1) is 18.8 Å². The molecule has 1 atom stereocenters. The van der Waals surface area contributed by atoms with E-state index in [4.69, 9.17) is 0 Å². The van der Waals surface area contributed by atoms with Crippen LogP contribution in [-0.4, -0.2) is 28.3 Å². The largest absolute Gasteiger partial charge is 0.549 e. The van der Waals surface area contributed by atoms with Gasteiger partial charge in [0.25, 0.3) is 0 Å². The summed E-state index contributed by atoms with van der Waals surface area (Å²) in [5.74, 6) is -3.46. The molecule has 0 aliphatic heterocycles. The minimum Gasteiger partial charge on any atom is -0.549 e. The summed E-state index contributed by atoms with van der Waals surface area (Å²) < 4.78 is 6.34. The molecule has 0 saturated heterocycles. The van der Waals surface area contributed by atoms with E-state index in [0.717, 1.165) is 0 Å². The smallest absolute Gasteiger partial charge is 0.314 e. The first-order chi connectivity index (χ1) is 8.08. The van der Waals surface area contributed by atoms with Gasteiger partial charge in [-0.3, -0.25) is 9.48 Å². The Hall–Kier alpha value is -1.85. The standard InChI is InChI=1S/C11H16N2O4/c1-3-13-7-8(6-12-13)5-9(10(14)15)11(16)17-4-2/h6-7,9H,3-5H2,1-2H3,(H,14,15)/p-1. The van der Waals surface area contributed by atoms with Gasteiger partial charge in [0, 0.05) is 12.7 Å². The first-order valence-corrected chi connectivity index (χ1v) is 5.47. The summed E-state index contributed by atoms with van der Waals surface area (Å²) in [5, 5.41) is 14.9. The van der Waals surface area contributed by atoms with Crippen LogP contribution in [0.2, 0.25) is 0 Å². The summed E-state index contributed by atoms with van der Waals surface area (Å²) in [4.78, 5) is 22.3. The minimum absolute atomic E-state index is 0.0428. The highest BCUT2D eigenvalue weighted by Crippen LogP contribution is 2.09. The SMILES string of the molecule is CCOC(=O)C(Cc1cnn(CC)c1)C(=O)[O-]. The molecular weight excluding hydrogens is 224 g/mol. The normalized spacial score (nSPS) is 12.1. The maximum atomic E-state index is 11.4.